The van der Waals surface area contributed by atoms with Gasteiger partial charge in [0.15, 0.2) is 0 Å². The first kappa shape index (κ1) is 80.7. The van der Waals surface area contributed by atoms with E-state index in [1.54, 1.807) is 31.1 Å². The Bertz CT molecular complexity index is 2020. The number of nitrogens with one attached hydrogen (secondary N) is 4. The number of amides is 5. The Kier molecular flexibility index (Phi) is 41.8. The number of halogens is 1. The van der Waals surface area contributed by atoms with Crippen LogP contribution in [-0.2, 0) is 42.9 Å². The summed E-state index contributed by atoms with van der Waals surface area (Å²) in [7, 11) is 5.14. The van der Waals surface area contributed by atoms with Gasteiger partial charge in [-0.2, -0.15) is 10.5 Å². The van der Waals surface area contributed by atoms with E-state index in [1.165, 1.54) is 0 Å². The maximum atomic E-state index is 13.3. The predicted molar refractivity (Wildman–Crippen MR) is 339 cm³/mol. The van der Waals surface area contributed by atoms with Gasteiger partial charge >= 0.3 is 18.0 Å². The van der Waals surface area contributed by atoms with Crippen molar-refractivity contribution in [2.24, 2.45) is 16.6 Å². The second-order valence-electron chi connectivity index (χ2n) is 25.0. The summed E-state index contributed by atoms with van der Waals surface area (Å²) >= 11 is 0. The second kappa shape index (κ2) is 45.0. The van der Waals surface area contributed by atoms with Gasteiger partial charge < -0.3 is 80.3 Å². The van der Waals surface area contributed by atoms with Crippen LogP contribution in [0.1, 0.15) is 151 Å². The third-order valence-corrected chi connectivity index (χ3v) is 17.2. The summed E-state index contributed by atoms with van der Waals surface area (Å²) < 4.78 is 25.6. The van der Waals surface area contributed by atoms with E-state index in [2.05, 4.69) is 89.6 Å². The molecule has 0 saturated carbocycles. The topological polar surface area (TPSA) is 307 Å². The molecular weight excluding hydrogens is 1140 g/mol. The van der Waals surface area contributed by atoms with E-state index in [1.807, 2.05) is 0 Å². The van der Waals surface area contributed by atoms with Crippen LogP contribution in [0.15, 0.2) is 0 Å². The highest BCUT2D eigenvalue weighted by molar-refractivity contribution is 5.88. The van der Waals surface area contributed by atoms with E-state index < -0.39 is 29.1 Å². The Morgan fingerprint density at radius 2 is 1.00 bits per heavy atom. The number of urea groups is 2. The van der Waals surface area contributed by atoms with Gasteiger partial charge in [0.1, 0.15) is 34.7 Å². The number of Topliss-reactive ketones (excluding diaryl/α,β-unsaturated/α-hetero) is 2. The summed E-state index contributed by atoms with van der Waals surface area (Å²) in [6, 6.07) is 2.52. The zero-order valence-corrected chi connectivity index (χ0v) is 55.6. The molecule has 2 atom stereocenters. The number of ketones is 2. The Morgan fingerprint density at radius 3 is 1.36 bits per heavy atom. The van der Waals surface area contributed by atoms with E-state index in [4.69, 9.17) is 34.7 Å². The molecule has 502 valence electrons. The molecule has 0 radical (unpaired) electrons. The molecule has 6 heterocycles. The number of carbonyl (C=O) groups excluding carboxylic acids is 5. The summed E-state index contributed by atoms with van der Waals surface area (Å²) in [6.07, 6.45) is 13.3. The molecular formula is C62H115ClN12O12. The first-order valence-corrected chi connectivity index (χ1v) is 31.8. The SMILES string of the molecule is CCC(C)(C)CC[C@H](NC(=O)N1CCOCC1)C(=O)NC1(C#N)CCN(CCCOC)CC1.CCC(C)(C)CC[C@H](NC(=O)N1CCOCC1)C(=O)O.COCCCN1CCC(=O)CC1.COCCCN1CCC(N)(C#N)CC1.Cl.O=C1CCNCC1. The van der Waals surface area contributed by atoms with Gasteiger partial charge in [-0.15, -0.1) is 12.4 Å². The van der Waals surface area contributed by atoms with Crippen LogP contribution >= 0.6 is 12.4 Å². The van der Waals surface area contributed by atoms with E-state index in [-0.39, 0.29) is 41.2 Å². The van der Waals surface area contributed by atoms with Crippen LogP contribution in [0.3, 0.4) is 0 Å². The van der Waals surface area contributed by atoms with Crippen LogP contribution in [0.4, 0.5) is 9.59 Å². The number of carboxylic acid groups (broad SMARTS) is 1. The van der Waals surface area contributed by atoms with Crippen molar-refractivity contribution >= 4 is 47.9 Å². The van der Waals surface area contributed by atoms with Crippen molar-refractivity contribution in [3.05, 3.63) is 0 Å². The zero-order chi connectivity index (χ0) is 63.9. The highest BCUT2D eigenvalue weighted by atomic mass is 35.5. The number of ether oxygens (including phenoxy) is 5. The molecule has 25 heteroatoms. The third-order valence-electron chi connectivity index (χ3n) is 17.2. The third kappa shape index (κ3) is 35.0. The summed E-state index contributed by atoms with van der Waals surface area (Å²) in [5, 5.41) is 39.7. The molecule has 24 nitrogen and oxygen atoms in total. The minimum atomic E-state index is -0.974. The van der Waals surface area contributed by atoms with Crippen molar-refractivity contribution in [1.29, 1.82) is 10.5 Å². The first-order chi connectivity index (χ1) is 41.0. The normalized spacial score (nSPS) is 19.7. The highest BCUT2D eigenvalue weighted by Gasteiger charge is 2.39. The fourth-order valence-electron chi connectivity index (χ4n) is 10.0. The minimum absolute atomic E-state index is 0. The number of rotatable bonds is 25. The summed E-state index contributed by atoms with van der Waals surface area (Å²) in [6.45, 7) is 29.3. The molecule has 6 saturated heterocycles. The van der Waals surface area contributed by atoms with Crippen molar-refractivity contribution in [3.8, 4) is 12.1 Å². The number of nitrogens with two attached hydrogens (primary N) is 1. The van der Waals surface area contributed by atoms with Gasteiger partial charge in [0, 0.05) is 165 Å². The number of hydrogen-bond donors (Lipinski definition) is 6. The average molecular weight is 1260 g/mol. The van der Waals surface area contributed by atoms with Gasteiger partial charge in [-0.05, 0) is 81.5 Å². The van der Waals surface area contributed by atoms with E-state index >= 15 is 0 Å². The Labute approximate surface area is 528 Å². The zero-order valence-electron chi connectivity index (χ0n) is 54.8. The lowest BCUT2D eigenvalue weighted by Crippen LogP contribution is -2.60. The van der Waals surface area contributed by atoms with Crippen LogP contribution in [0.2, 0.25) is 0 Å². The van der Waals surface area contributed by atoms with Gasteiger partial charge in [0.05, 0.1) is 38.6 Å². The molecule has 0 aromatic heterocycles. The Morgan fingerprint density at radius 1 is 0.621 bits per heavy atom. The first-order valence-electron chi connectivity index (χ1n) is 31.8. The van der Waals surface area contributed by atoms with Crippen molar-refractivity contribution in [2.45, 2.75) is 174 Å². The van der Waals surface area contributed by atoms with Gasteiger partial charge in [0.25, 0.3) is 0 Å². The van der Waals surface area contributed by atoms with Crippen LogP contribution in [0.5, 0.6) is 0 Å². The lowest BCUT2D eigenvalue weighted by molar-refractivity contribution is -0.139. The summed E-state index contributed by atoms with van der Waals surface area (Å²) in [4.78, 5) is 81.0. The van der Waals surface area contributed by atoms with Crippen molar-refractivity contribution < 1.29 is 57.6 Å². The molecule has 87 heavy (non-hydrogen) atoms. The van der Waals surface area contributed by atoms with Crippen molar-refractivity contribution in [3.63, 3.8) is 0 Å². The van der Waals surface area contributed by atoms with Gasteiger partial charge in [-0.25, -0.2) is 14.4 Å². The number of aliphatic carboxylic acids is 1. The number of carboxylic acids is 1. The average Bonchev–Trinajstić information content (AvgIpc) is 2.35. The van der Waals surface area contributed by atoms with E-state index in [0.29, 0.717) is 89.9 Å². The number of carbonyl (C=O) groups is 6. The van der Waals surface area contributed by atoms with E-state index in [9.17, 15) is 39.1 Å². The van der Waals surface area contributed by atoms with Crippen LogP contribution < -0.4 is 27.0 Å². The maximum Gasteiger partial charge on any atom is 0.326 e. The number of likely N-dealkylation sites (tertiary alicyclic amines) is 3. The maximum absolute atomic E-state index is 13.3. The molecule has 0 aliphatic carbocycles. The molecule has 6 aliphatic heterocycles. The number of methoxy groups -OCH3 is 3. The molecule has 0 aromatic rings. The molecule has 6 aliphatic rings. The lowest BCUT2D eigenvalue weighted by Gasteiger charge is -2.39. The smallest absolute Gasteiger partial charge is 0.326 e. The molecule has 6 rings (SSSR count). The molecule has 7 N–H and O–H groups in total. The van der Waals surface area contributed by atoms with Gasteiger partial charge in [0.2, 0.25) is 5.91 Å². The van der Waals surface area contributed by atoms with E-state index in [0.717, 1.165) is 175 Å². The lowest BCUT2D eigenvalue weighted by atomic mass is 9.83. The van der Waals surface area contributed by atoms with Crippen molar-refractivity contribution in [2.75, 3.05) is 166 Å². The molecule has 5 amide bonds. The molecule has 6 fully saturated rings. The highest BCUT2D eigenvalue weighted by Crippen LogP contribution is 2.29. The van der Waals surface area contributed by atoms with Crippen LogP contribution in [-0.4, -0.2) is 254 Å². The molecule has 0 unspecified atom stereocenters. The summed E-state index contributed by atoms with van der Waals surface area (Å²) in [5.41, 5.74) is 4.57. The number of piperidine rings is 4. The van der Waals surface area contributed by atoms with Crippen LogP contribution in [0, 0.1) is 33.5 Å². The fourth-order valence-corrected chi connectivity index (χ4v) is 10.0. The molecule has 0 aromatic carbocycles. The van der Waals surface area contributed by atoms with Gasteiger partial charge in [-0.3, -0.25) is 14.4 Å². The number of nitriles is 2. The number of hydrogen-bond acceptors (Lipinski definition) is 18. The van der Waals surface area contributed by atoms with Crippen molar-refractivity contribution in [1.82, 2.24) is 45.8 Å². The minimum Gasteiger partial charge on any atom is -0.480 e. The summed E-state index contributed by atoms with van der Waals surface area (Å²) in [5.74, 6) is -0.423. The predicted octanol–water partition coefficient (Wildman–Crippen LogP) is 5.21. The fraction of sp³-hybridized carbons (Fsp3) is 0.871. The second-order valence-corrected chi connectivity index (χ2v) is 25.0. The Hall–Kier alpha value is -4.31. The quantitative estimate of drug-likeness (QED) is 0.0639. The number of morpholine rings is 2. The Balaban J connectivity index is 0.000000595. The molecule has 0 spiro atoms. The van der Waals surface area contributed by atoms with Crippen LogP contribution in [0.25, 0.3) is 0 Å². The standard InChI is InChI=1S/C24H43N5O4.C14H26N2O4.C10H19N3O.C9H17NO2.C5H9NO.ClH/c1-5-23(2,3)8-7-20(26-22(31)29-14-17-33-18-15-29)21(30)27-24(19-25)9-12-28(13-10-24)11-6-16-32-4;1-4-14(2,3)6-5-11(12(17)18)15-13(19)16-7-9-20-10-8-16;1-14-8-2-5-13-6-3-10(12,9-11)4-7-13;1-12-8-2-5-10-6-3-9(11)4-7-10;7-5-1-3-6-4-2-5;/h20H,5-18H2,1-4H3,(H,26,31)(H,27,30);11H,4-10H2,1-3H3,(H,15,19)(H,17,18);2-8,12H2,1H3;2-8H2,1H3;6H,1-4H2;1H/t20-;11-;;;;/m00..../s1. The molecule has 0 bridgehead atoms. The largest absolute Gasteiger partial charge is 0.480 e. The number of nitrogens with zero attached hydrogens (tertiary/aromatic N) is 7. The monoisotopic (exact) mass is 1250 g/mol. The van der Waals surface area contributed by atoms with Gasteiger partial charge in [-0.1, -0.05) is 54.4 Å².